The van der Waals surface area contributed by atoms with Crippen molar-refractivity contribution in [1.29, 1.82) is 0 Å². The van der Waals surface area contributed by atoms with Crippen LogP contribution in [0.25, 0.3) is 6.08 Å². The molecule has 1 aliphatic heterocycles. The fourth-order valence-electron chi connectivity index (χ4n) is 4.79. The van der Waals surface area contributed by atoms with Gasteiger partial charge in [0.2, 0.25) is 0 Å². The zero-order valence-corrected chi connectivity index (χ0v) is 19.9. The van der Waals surface area contributed by atoms with Gasteiger partial charge in [0.1, 0.15) is 0 Å². The SMILES string of the molecule is COc1cc(C=C2SC(=NC3CCCCC3)N(C3CCCCC3)C2=O)ccc1OCC(=O)O. The number of benzene rings is 1. The van der Waals surface area contributed by atoms with E-state index in [1.807, 2.05) is 17.0 Å². The predicted octanol–water partition coefficient (Wildman–Crippen LogP) is 5.10. The van der Waals surface area contributed by atoms with Gasteiger partial charge in [0, 0.05) is 6.04 Å². The number of carbonyl (C=O) groups excluding carboxylic acids is 1. The summed E-state index contributed by atoms with van der Waals surface area (Å²) in [5.74, 6) is -0.229. The van der Waals surface area contributed by atoms with Gasteiger partial charge in [-0.3, -0.25) is 14.7 Å². The van der Waals surface area contributed by atoms with Gasteiger partial charge in [-0.1, -0.05) is 44.6 Å². The lowest BCUT2D eigenvalue weighted by Crippen LogP contribution is -2.41. The largest absolute Gasteiger partial charge is 0.493 e. The van der Waals surface area contributed by atoms with Crippen LogP contribution < -0.4 is 9.47 Å². The zero-order chi connectivity index (χ0) is 23.2. The molecule has 2 aliphatic carbocycles. The molecule has 0 aromatic heterocycles. The normalized spacial score (nSPS) is 22.8. The van der Waals surface area contributed by atoms with Crippen molar-refractivity contribution in [2.24, 2.45) is 4.99 Å². The van der Waals surface area contributed by atoms with Crippen molar-refractivity contribution in [2.45, 2.75) is 76.3 Å². The molecule has 1 heterocycles. The molecule has 0 atom stereocenters. The van der Waals surface area contributed by atoms with Crippen molar-refractivity contribution in [3.8, 4) is 11.5 Å². The number of nitrogens with zero attached hydrogens (tertiary/aromatic N) is 2. The van der Waals surface area contributed by atoms with Gasteiger partial charge >= 0.3 is 5.97 Å². The summed E-state index contributed by atoms with van der Waals surface area (Å²) in [5, 5.41) is 9.71. The minimum absolute atomic E-state index is 0.0339. The van der Waals surface area contributed by atoms with Crippen LogP contribution in [0.3, 0.4) is 0 Å². The molecule has 1 N–H and O–H groups in total. The van der Waals surface area contributed by atoms with Crippen molar-refractivity contribution in [3.63, 3.8) is 0 Å². The van der Waals surface area contributed by atoms with E-state index in [1.165, 1.54) is 44.6 Å². The quantitative estimate of drug-likeness (QED) is 0.556. The fraction of sp³-hybridized carbons (Fsp3) is 0.560. The Balaban J connectivity index is 1.59. The van der Waals surface area contributed by atoms with Crippen LogP contribution in [0.1, 0.15) is 69.8 Å². The summed E-state index contributed by atoms with van der Waals surface area (Å²) >= 11 is 1.48. The Kier molecular flexibility index (Phi) is 7.96. The van der Waals surface area contributed by atoms with Crippen LogP contribution in [-0.4, -0.2) is 52.9 Å². The number of methoxy groups -OCH3 is 1. The van der Waals surface area contributed by atoms with E-state index in [2.05, 4.69) is 0 Å². The number of rotatable bonds is 7. The van der Waals surface area contributed by atoms with Crippen molar-refractivity contribution in [2.75, 3.05) is 13.7 Å². The molecule has 8 heteroatoms. The van der Waals surface area contributed by atoms with Crippen molar-refractivity contribution in [1.82, 2.24) is 4.90 Å². The number of ether oxygens (including phenoxy) is 2. The van der Waals surface area contributed by atoms with E-state index < -0.39 is 12.6 Å². The van der Waals surface area contributed by atoms with E-state index in [9.17, 15) is 9.59 Å². The number of thioether (sulfide) groups is 1. The third-order valence-electron chi connectivity index (χ3n) is 6.48. The molecule has 0 bridgehead atoms. The smallest absolute Gasteiger partial charge is 0.341 e. The average Bonchev–Trinajstić information content (AvgIpc) is 3.13. The first-order valence-corrected chi connectivity index (χ1v) is 12.7. The molecule has 2 saturated carbocycles. The molecule has 1 aromatic rings. The third-order valence-corrected chi connectivity index (χ3v) is 7.48. The molecule has 33 heavy (non-hydrogen) atoms. The monoisotopic (exact) mass is 472 g/mol. The Morgan fingerprint density at radius 3 is 2.48 bits per heavy atom. The van der Waals surface area contributed by atoms with E-state index in [-0.39, 0.29) is 11.9 Å². The van der Waals surface area contributed by atoms with Gasteiger partial charge in [0.05, 0.1) is 18.1 Å². The Bertz CT molecular complexity index is 933. The van der Waals surface area contributed by atoms with Crippen LogP contribution >= 0.6 is 11.8 Å². The highest BCUT2D eigenvalue weighted by Gasteiger charge is 2.39. The molecule has 0 spiro atoms. The van der Waals surface area contributed by atoms with Crippen LogP contribution in [0.4, 0.5) is 0 Å². The zero-order valence-electron chi connectivity index (χ0n) is 19.1. The van der Waals surface area contributed by atoms with Gasteiger partial charge in [0.15, 0.2) is 23.3 Å². The number of amidine groups is 1. The van der Waals surface area contributed by atoms with E-state index in [4.69, 9.17) is 19.6 Å². The summed E-state index contributed by atoms with van der Waals surface area (Å²) in [6.07, 6.45) is 13.4. The topological polar surface area (TPSA) is 88.4 Å². The lowest BCUT2D eigenvalue weighted by atomic mass is 9.94. The predicted molar refractivity (Wildman–Crippen MR) is 130 cm³/mol. The number of amides is 1. The van der Waals surface area contributed by atoms with Crippen LogP contribution in [-0.2, 0) is 9.59 Å². The number of aliphatic imine (C=N–C) groups is 1. The van der Waals surface area contributed by atoms with Crippen molar-refractivity contribution >= 4 is 34.9 Å². The van der Waals surface area contributed by atoms with E-state index in [0.717, 1.165) is 49.3 Å². The number of hydrogen-bond acceptors (Lipinski definition) is 6. The van der Waals surface area contributed by atoms with Crippen LogP contribution in [0.2, 0.25) is 0 Å². The van der Waals surface area contributed by atoms with Crippen molar-refractivity contribution < 1.29 is 24.2 Å². The molecule has 1 amide bonds. The van der Waals surface area contributed by atoms with Gasteiger partial charge in [0.25, 0.3) is 5.91 Å². The summed E-state index contributed by atoms with van der Waals surface area (Å²) in [7, 11) is 1.51. The van der Waals surface area contributed by atoms with Crippen LogP contribution in [0, 0.1) is 0 Å². The second-order valence-electron chi connectivity index (χ2n) is 8.87. The van der Waals surface area contributed by atoms with E-state index >= 15 is 0 Å². The van der Waals surface area contributed by atoms with Crippen LogP contribution in [0.15, 0.2) is 28.1 Å². The summed E-state index contributed by atoms with van der Waals surface area (Å²) in [4.78, 5) is 32.0. The molecule has 1 saturated heterocycles. The lowest BCUT2D eigenvalue weighted by Gasteiger charge is -2.31. The molecule has 3 fully saturated rings. The molecule has 178 valence electrons. The number of carboxylic acid groups (broad SMARTS) is 1. The lowest BCUT2D eigenvalue weighted by molar-refractivity contribution is -0.139. The Hall–Kier alpha value is -2.48. The van der Waals surface area contributed by atoms with Crippen molar-refractivity contribution in [3.05, 3.63) is 28.7 Å². The molecule has 4 rings (SSSR count). The molecular weight excluding hydrogens is 440 g/mol. The summed E-state index contributed by atoms with van der Waals surface area (Å²) in [6, 6.07) is 5.79. The second-order valence-corrected chi connectivity index (χ2v) is 9.88. The molecule has 0 radical (unpaired) electrons. The average molecular weight is 473 g/mol. The molecular formula is C25H32N2O5S. The minimum Gasteiger partial charge on any atom is -0.493 e. The fourth-order valence-corrected chi connectivity index (χ4v) is 5.90. The number of carboxylic acids is 1. The summed E-state index contributed by atoms with van der Waals surface area (Å²) in [6.45, 7) is -0.442. The first-order valence-electron chi connectivity index (χ1n) is 11.9. The number of aliphatic carboxylic acids is 1. The highest BCUT2D eigenvalue weighted by molar-refractivity contribution is 8.18. The molecule has 1 aromatic carbocycles. The highest BCUT2D eigenvalue weighted by atomic mass is 32.2. The van der Waals surface area contributed by atoms with Gasteiger partial charge in [-0.2, -0.15) is 0 Å². The minimum atomic E-state index is -1.05. The maximum atomic E-state index is 13.5. The van der Waals surface area contributed by atoms with Crippen LogP contribution in [0.5, 0.6) is 11.5 Å². The molecule has 7 nitrogen and oxygen atoms in total. The maximum Gasteiger partial charge on any atom is 0.341 e. The Labute approximate surface area is 199 Å². The third kappa shape index (κ3) is 5.91. The molecule has 0 unspecified atom stereocenters. The van der Waals surface area contributed by atoms with Gasteiger partial charge in [-0.05, 0) is 61.2 Å². The molecule has 3 aliphatic rings. The van der Waals surface area contributed by atoms with E-state index in [0.29, 0.717) is 22.4 Å². The number of hydrogen-bond donors (Lipinski definition) is 1. The standard InChI is InChI=1S/C25H32N2O5S/c1-31-21-14-17(12-13-20(21)32-16-23(28)29)15-22-24(30)27(19-10-6-3-7-11-19)25(33-22)26-18-8-4-2-5-9-18/h12-15,18-19H,2-11,16H2,1H3,(H,28,29). The summed E-state index contributed by atoms with van der Waals surface area (Å²) in [5.41, 5.74) is 0.799. The van der Waals surface area contributed by atoms with Gasteiger partial charge in [-0.25, -0.2) is 4.79 Å². The van der Waals surface area contributed by atoms with E-state index in [1.54, 1.807) is 12.1 Å². The first-order chi connectivity index (χ1) is 16.0. The number of carbonyl (C=O) groups is 2. The Morgan fingerprint density at radius 2 is 1.82 bits per heavy atom. The maximum absolute atomic E-state index is 13.5. The summed E-state index contributed by atoms with van der Waals surface area (Å²) < 4.78 is 10.7. The van der Waals surface area contributed by atoms with Gasteiger partial charge < -0.3 is 14.6 Å². The van der Waals surface area contributed by atoms with Gasteiger partial charge in [-0.15, -0.1) is 0 Å². The Morgan fingerprint density at radius 1 is 1.12 bits per heavy atom. The second kappa shape index (κ2) is 11.1. The first kappa shape index (κ1) is 23.7. The highest BCUT2D eigenvalue weighted by Crippen LogP contribution is 2.39.